The predicted octanol–water partition coefficient (Wildman–Crippen LogP) is 1.70. The van der Waals surface area contributed by atoms with Crippen molar-refractivity contribution in [3.8, 4) is 11.5 Å². The van der Waals surface area contributed by atoms with Crippen LogP contribution < -0.4 is 14.8 Å². The number of nitrogens with zero attached hydrogens (tertiary/aromatic N) is 1. The Kier molecular flexibility index (Phi) is 3.32. The molecule has 0 bridgehead atoms. The zero-order valence-electron chi connectivity index (χ0n) is 11.5. The van der Waals surface area contributed by atoms with Gasteiger partial charge in [-0.2, -0.15) is 0 Å². The Morgan fingerprint density at radius 3 is 2.42 bits per heavy atom. The zero-order valence-corrected chi connectivity index (χ0v) is 12.4. The molecule has 104 valence electrons. The molecule has 0 aliphatic carbocycles. The van der Waals surface area contributed by atoms with Crippen molar-refractivity contribution < 1.29 is 14.0 Å². The van der Waals surface area contributed by atoms with Crippen molar-refractivity contribution in [3.63, 3.8) is 0 Å². The minimum atomic E-state index is -2.33. The first kappa shape index (κ1) is 13.0. The maximum Gasteiger partial charge on any atom is 0.172 e. The Labute approximate surface area is 114 Å². The third-order valence-electron chi connectivity index (χ3n) is 3.99. The van der Waals surface area contributed by atoms with Crippen molar-refractivity contribution in [2.45, 2.75) is 6.92 Å². The molecule has 0 N–H and O–H groups in total. The average molecular weight is 281 g/mol. The van der Waals surface area contributed by atoms with Gasteiger partial charge in [-0.1, -0.05) is 6.07 Å². The van der Waals surface area contributed by atoms with Gasteiger partial charge in [0.1, 0.15) is 20.4 Å². The van der Waals surface area contributed by atoms with E-state index in [1.54, 1.807) is 0 Å². The largest absolute Gasteiger partial charge is 0.486 e. The highest BCUT2D eigenvalue weighted by Gasteiger charge is 2.34. The molecule has 0 radical (unpaired) electrons. The molecule has 1 aromatic rings. The molecule has 4 nitrogen and oxygen atoms in total. The lowest BCUT2D eigenvalue weighted by molar-refractivity contribution is 0.172. The van der Waals surface area contributed by atoms with E-state index >= 15 is 0 Å². The molecule has 0 aromatic heterocycles. The van der Waals surface area contributed by atoms with Gasteiger partial charge in [0.2, 0.25) is 0 Å². The normalized spacial score (nSPS) is 22.2. The Morgan fingerprint density at radius 2 is 1.74 bits per heavy atom. The fourth-order valence-electron chi connectivity index (χ4n) is 2.71. The van der Waals surface area contributed by atoms with E-state index in [0.29, 0.717) is 13.2 Å². The van der Waals surface area contributed by atoms with Crippen molar-refractivity contribution in [2.24, 2.45) is 0 Å². The van der Waals surface area contributed by atoms with Gasteiger partial charge in [0.05, 0.1) is 5.30 Å². The maximum absolute atomic E-state index is 13.2. The lowest BCUT2D eigenvalue weighted by Crippen LogP contribution is -2.35. The third-order valence-corrected chi connectivity index (χ3v) is 7.06. The molecule has 2 aliphatic heterocycles. The van der Waals surface area contributed by atoms with Crippen LogP contribution in [0.1, 0.15) is 5.56 Å². The van der Waals surface area contributed by atoms with Crippen LogP contribution in [0.2, 0.25) is 0 Å². The van der Waals surface area contributed by atoms with Crippen molar-refractivity contribution >= 4 is 12.4 Å². The van der Waals surface area contributed by atoms with Gasteiger partial charge >= 0.3 is 0 Å². The quantitative estimate of drug-likeness (QED) is 0.734. The highest BCUT2D eigenvalue weighted by molar-refractivity contribution is 7.71. The van der Waals surface area contributed by atoms with Crippen LogP contribution in [0.25, 0.3) is 0 Å². The molecule has 1 fully saturated rings. The summed E-state index contributed by atoms with van der Waals surface area (Å²) in [5.74, 6) is 1.53. The molecule has 1 saturated heterocycles. The molecule has 0 atom stereocenters. The lowest BCUT2D eigenvalue weighted by atomic mass is 10.2. The van der Waals surface area contributed by atoms with Crippen LogP contribution in [0, 0.1) is 6.92 Å². The predicted molar refractivity (Wildman–Crippen MR) is 76.6 cm³/mol. The summed E-state index contributed by atoms with van der Waals surface area (Å²) in [6.07, 6.45) is 1.48. The summed E-state index contributed by atoms with van der Waals surface area (Å²) < 4.78 is 24.7. The van der Waals surface area contributed by atoms with Crippen molar-refractivity contribution in [2.75, 3.05) is 45.7 Å². The monoisotopic (exact) mass is 281 g/mol. The maximum atomic E-state index is 13.2. The van der Waals surface area contributed by atoms with Crippen LogP contribution >= 0.6 is 7.14 Å². The van der Waals surface area contributed by atoms with E-state index in [9.17, 15) is 4.57 Å². The Bertz CT molecular complexity index is 532. The number of ether oxygens (including phenoxy) is 2. The molecule has 19 heavy (non-hydrogen) atoms. The number of hydrogen-bond acceptors (Lipinski definition) is 4. The topological polar surface area (TPSA) is 38.8 Å². The molecular formula is C14H20NO3P. The number of benzene rings is 1. The Hall–Kier alpha value is -0.990. The second kappa shape index (κ2) is 4.84. The summed E-state index contributed by atoms with van der Waals surface area (Å²) in [4.78, 5) is 2.23. The minimum Gasteiger partial charge on any atom is -0.486 e. The van der Waals surface area contributed by atoms with Crippen molar-refractivity contribution in [1.82, 2.24) is 4.90 Å². The van der Waals surface area contributed by atoms with Crippen LogP contribution in [0.4, 0.5) is 0 Å². The third kappa shape index (κ3) is 2.28. The fraction of sp³-hybridized carbons (Fsp3) is 0.571. The van der Waals surface area contributed by atoms with E-state index in [4.69, 9.17) is 9.47 Å². The first-order chi connectivity index (χ1) is 9.10. The molecule has 2 aliphatic rings. The molecule has 0 unspecified atom stereocenters. The molecule has 0 saturated carbocycles. The molecule has 1 aromatic carbocycles. The molecule has 0 spiro atoms. The van der Waals surface area contributed by atoms with Gasteiger partial charge in [0.25, 0.3) is 0 Å². The summed E-state index contributed by atoms with van der Waals surface area (Å²) in [5.41, 5.74) is 1.05. The summed E-state index contributed by atoms with van der Waals surface area (Å²) >= 11 is 0. The van der Waals surface area contributed by atoms with E-state index in [2.05, 4.69) is 11.9 Å². The van der Waals surface area contributed by atoms with E-state index in [0.717, 1.165) is 47.8 Å². The highest BCUT2D eigenvalue weighted by Crippen LogP contribution is 2.51. The Morgan fingerprint density at radius 1 is 1.11 bits per heavy atom. The highest BCUT2D eigenvalue weighted by atomic mass is 31.2. The van der Waals surface area contributed by atoms with Crippen molar-refractivity contribution in [1.29, 1.82) is 0 Å². The molecule has 2 heterocycles. The average Bonchev–Trinajstić information content (AvgIpc) is 2.43. The van der Waals surface area contributed by atoms with Gasteiger partial charge < -0.3 is 18.9 Å². The number of aryl methyl sites for hydroxylation is 1. The van der Waals surface area contributed by atoms with Gasteiger partial charge in [-0.05, 0) is 25.6 Å². The summed E-state index contributed by atoms with van der Waals surface area (Å²) in [5, 5.41) is 0.890. The van der Waals surface area contributed by atoms with Crippen LogP contribution in [0.5, 0.6) is 11.5 Å². The van der Waals surface area contributed by atoms with Crippen LogP contribution in [0.15, 0.2) is 12.1 Å². The van der Waals surface area contributed by atoms with Gasteiger partial charge in [-0.15, -0.1) is 0 Å². The molecule has 5 heteroatoms. The van der Waals surface area contributed by atoms with Gasteiger partial charge in [0.15, 0.2) is 11.5 Å². The summed E-state index contributed by atoms with van der Waals surface area (Å²) in [6.45, 7) is 4.90. The summed E-state index contributed by atoms with van der Waals surface area (Å²) in [6, 6.07) is 3.98. The van der Waals surface area contributed by atoms with Gasteiger partial charge in [-0.3, -0.25) is 0 Å². The first-order valence-electron chi connectivity index (χ1n) is 6.76. The summed E-state index contributed by atoms with van der Waals surface area (Å²) in [7, 11) is -0.253. The fourth-order valence-corrected chi connectivity index (χ4v) is 5.62. The first-order valence-corrected chi connectivity index (χ1v) is 8.84. The van der Waals surface area contributed by atoms with E-state index in [1.165, 1.54) is 0 Å². The number of rotatable bonds is 1. The number of hydrogen-bond donors (Lipinski definition) is 0. The van der Waals surface area contributed by atoms with E-state index in [1.807, 2.05) is 19.1 Å². The number of fused-ring (bicyclic) bond motifs is 1. The van der Waals surface area contributed by atoms with Crippen LogP contribution in [-0.4, -0.2) is 50.6 Å². The van der Waals surface area contributed by atoms with Crippen molar-refractivity contribution in [3.05, 3.63) is 17.7 Å². The van der Waals surface area contributed by atoms with E-state index < -0.39 is 7.14 Å². The lowest BCUT2D eigenvalue weighted by Gasteiger charge is -2.32. The Balaban J connectivity index is 2.03. The minimum absolute atomic E-state index is 0.545. The van der Waals surface area contributed by atoms with Gasteiger partial charge in [-0.25, -0.2) is 0 Å². The standard InChI is InChI=1S/C14H20NO3P/c1-11-3-4-12(14-13(11)17-7-8-18-14)19(16)9-5-15(2)6-10-19/h3-4H,5-10H2,1-2H3. The SMILES string of the molecule is Cc1ccc(P2(=O)CCN(C)CC2)c2c1OCCO2. The zero-order chi connectivity index (χ0) is 13.5. The second-order valence-corrected chi connectivity index (χ2v) is 8.55. The van der Waals surface area contributed by atoms with Crippen LogP contribution in [-0.2, 0) is 4.57 Å². The van der Waals surface area contributed by atoms with E-state index in [-0.39, 0.29) is 0 Å². The van der Waals surface area contributed by atoms with Gasteiger partial charge in [0, 0.05) is 25.4 Å². The second-order valence-electron chi connectivity index (χ2n) is 5.40. The molecular weight excluding hydrogens is 261 g/mol. The molecule has 3 rings (SSSR count). The molecule has 0 amide bonds. The smallest absolute Gasteiger partial charge is 0.172 e. The van der Waals surface area contributed by atoms with Crippen LogP contribution in [0.3, 0.4) is 0 Å².